The molecule has 0 aliphatic heterocycles. The van der Waals surface area contributed by atoms with Crippen molar-refractivity contribution in [1.29, 1.82) is 0 Å². The van der Waals surface area contributed by atoms with Crippen LogP contribution in [0, 0.1) is 5.92 Å². The van der Waals surface area contributed by atoms with Crippen molar-refractivity contribution in [3.8, 4) is 0 Å². The molecule has 0 bridgehead atoms. The van der Waals surface area contributed by atoms with Gasteiger partial charge < -0.3 is 5.73 Å². The highest BCUT2D eigenvalue weighted by atomic mass is 35.5. The summed E-state index contributed by atoms with van der Waals surface area (Å²) in [6.45, 7) is 0.917. The van der Waals surface area contributed by atoms with E-state index >= 15 is 0 Å². The highest BCUT2D eigenvalue weighted by Gasteiger charge is 2.11. The molecule has 1 nitrogen and oxygen atoms in total. The highest BCUT2D eigenvalue weighted by molar-refractivity contribution is 5.85. The van der Waals surface area contributed by atoms with Crippen LogP contribution in [0.3, 0.4) is 0 Å². The molecule has 1 aliphatic rings. The van der Waals surface area contributed by atoms with Gasteiger partial charge in [-0.15, -0.1) is 24.8 Å². The third-order valence-corrected chi connectivity index (χ3v) is 1.81. The molecular weight excluding hydrogens is 157 g/mol. The number of hydrogen-bond donors (Lipinski definition) is 1. The van der Waals surface area contributed by atoms with Gasteiger partial charge in [-0.1, -0.05) is 12.8 Å². The SMILES string of the molecule is Cl.Cl.NCC1CCCC1. The molecule has 0 aromatic carbocycles. The van der Waals surface area contributed by atoms with Crippen LogP contribution in [0.2, 0.25) is 0 Å². The van der Waals surface area contributed by atoms with Crippen LogP contribution in [-0.4, -0.2) is 6.54 Å². The molecular formula is C6H15Cl2N. The lowest BCUT2D eigenvalue weighted by atomic mass is 10.1. The number of hydrogen-bond acceptors (Lipinski definition) is 1. The van der Waals surface area contributed by atoms with Crippen LogP contribution < -0.4 is 5.73 Å². The fraction of sp³-hybridized carbons (Fsp3) is 1.00. The van der Waals surface area contributed by atoms with Gasteiger partial charge in [-0.3, -0.25) is 0 Å². The van der Waals surface area contributed by atoms with E-state index in [1.54, 1.807) is 0 Å². The molecule has 0 aromatic rings. The molecule has 0 radical (unpaired) electrons. The zero-order chi connectivity index (χ0) is 5.11. The molecule has 0 heterocycles. The topological polar surface area (TPSA) is 26.0 Å². The maximum absolute atomic E-state index is 5.43. The van der Waals surface area contributed by atoms with Gasteiger partial charge in [0.15, 0.2) is 0 Å². The van der Waals surface area contributed by atoms with Crippen molar-refractivity contribution in [2.24, 2.45) is 11.7 Å². The summed E-state index contributed by atoms with van der Waals surface area (Å²) < 4.78 is 0. The molecule has 1 saturated carbocycles. The standard InChI is InChI=1S/C6H13N.2ClH/c7-5-6-3-1-2-4-6;;/h6H,1-5,7H2;2*1H. The molecule has 2 N–H and O–H groups in total. The minimum Gasteiger partial charge on any atom is -0.330 e. The Morgan fingerprint density at radius 1 is 1.11 bits per heavy atom. The largest absolute Gasteiger partial charge is 0.330 e. The van der Waals surface area contributed by atoms with E-state index in [1.165, 1.54) is 25.7 Å². The molecule has 9 heavy (non-hydrogen) atoms. The maximum atomic E-state index is 5.43. The molecule has 58 valence electrons. The van der Waals surface area contributed by atoms with Gasteiger partial charge in [0.05, 0.1) is 0 Å². The van der Waals surface area contributed by atoms with Gasteiger partial charge in [-0.25, -0.2) is 0 Å². The van der Waals surface area contributed by atoms with E-state index in [1.807, 2.05) is 0 Å². The Hall–Kier alpha value is 0.540. The summed E-state index contributed by atoms with van der Waals surface area (Å²) in [6.07, 6.45) is 5.61. The van der Waals surface area contributed by atoms with E-state index < -0.39 is 0 Å². The van der Waals surface area contributed by atoms with Crippen molar-refractivity contribution in [2.75, 3.05) is 6.54 Å². The van der Waals surface area contributed by atoms with E-state index in [2.05, 4.69) is 0 Å². The summed E-state index contributed by atoms with van der Waals surface area (Å²) >= 11 is 0. The molecule has 0 unspecified atom stereocenters. The first-order valence-corrected chi connectivity index (χ1v) is 3.13. The minimum atomic E-state index is 0. The Bertz CT molecular complexity index is 53.0. The van der Waals surface area contributed by atoms with Gasteiger partial charge in [0.1, 0.15) is 0 Å². The van der Waals surface area contributed by atoms with Crippen LogP contribution in [0.5, 0.6) is 0 Å². The fourth-order valence-corrected chi connectivity index (χ4v) is 1.25. The summed E-state index contributed by atoms with van der Waals surface area (Å²) in [7, 11) is 0. The third-order valence-electron chi connectivity index (χ3n) is 1.81. The van der Waals surface area contributed by atoms with Gasteiger partial charge in [-0.2, -0.15) is 0 Å². The van der Waals surface area contributed by atoms with Crippen LogP contribution >= 0.6 is 24.8 Å². The van der Waals surface area contributed by atoms with E-state index in [0.717, 1.165) is 12.5 Å². The van der Waals surface area contributed by atoms with Crippen molar-refractivity contribution in [2.45, 2.75) is 25.7 Å². The molecule has 0 aromatic heterocycles. The van der Waals surface area contributed by atoms with Crippen molar-refractivity contribution >= 4 is 24.8 Å². The van der Waals surface area contributed by atoms with Crippen LogP contribution in [-0.2, 0) is 0 Å². The molecule has 0 atom stereocenters. The van der Waals surface area contributed by atoms with E-state index in [0.29, 0.717) is 0 Å². The van der Waals surface area contributed by atoms with Crippen LogP contribution in [0.1, 0.15) is 25.7 Å². The summed E-state index contributed by atoms with van der Waals surface area (Å²) in [5.41, 5.74) is 5.43. The first-order chi connectivity index (χ1) is 3.43. The average molecular weight is 172 g/mol. The Kier molecular flexibility index (Phi) is 9.05. The Labute approximate surface area is 69.2 Å². The Balaban J connectivity index is 0. The van der Waals surface area contributed by atoms with E-state index in [9.17, 15) is 0 Å². The van der Waals surface area contributed by atoms with Crippen LogP contribution in [0.25, 0.3) is 0 Å². The van der Waals surface area contributed by atoms with Crippen LogP contribution in [0.15, 0.2) is 0 Å². The number of nitrogens with two attached hydrogens (primary N) is 1. The van der Waals surface area contributed by atoms with Crippen molar-refractivity contribution in [3.05, 3.63) is 0 Å². The molecule has 1 fully saturated rings. The smallest absolute Gasteiger partial charge is 0.00489 e. The fourth-order valence-electron chi connectivity index (χ4n) is 1.25. The third kappa shape index (κ3) is 4.01. The number of rotatable bonds is 1. The molecule has 1 rings (SSSR count). The predicted molar refractivity (Wildman–Crippen MR) is 45.5 cm³/mol. The van der Waals surface area contributed by atoms with Gasteiger partial charge in [0, 0.05) is 0 Å². The second-order valence-corrected chi connectivity index (χ2v) is 2.39. The zero-order valence-electron chi connectivity index (χ0n) is 5.51. The normalized spacial score (nSPS) is 18.3. The van der Waals surface area contributed by atoms with Crippen molar-refractivity contribution in [3.63, 3.8) is 0 Å². The molecule has 0 amide bonds. The minimum absolute atomic E-state index is 0. The average Bonchev–Trinajstić information content (AvgIpc) is 2.14. The van der Waals surface area contributed by atoms with Crippen molar-refractivity contribution < 1.29 is 0 Å². The van der Waals surface area contributed by atoms with Gasteiger partial charge in [-0.05, 0) is 25.3 Å². The summed E-state index contributed by atoms with van der Waals surface area (Å²) in [4.78, 5) is 0. The quantitative estimate of drug-likeness (QED) is 0.642. The monoisotopic (exact) mass is 171 g/mol. The zero-order valence-corrected chi connectivity index (χ0v) is 7.14. The maximum Gasteiger partial charge on any atom is -0.00489 e. The highest BCUT2D eigenvalue weighted by Crippen LogP contribution is 2.22. The summed E-state index contributed by atoms with van der Waals surface area (Å²) in [5, 5.41) is 0. The first kappa shape index (κ1) is 12.2. The van der Waals surface area contributed by atoms with Gasteiger partial charge in [0.25, 0.3) is 0 Å². The van der Waals surface area contributed by atoms with Gasteiger partial charge >= 0.3 is 0 Å². The lowest BCUT2D eigenvalue weighted by molar-refractivity contribution is 0.562. The first-order valence-electron chi connectivity index (χ1n) is 3.13. The Morgan fingerprint density at radius 3 is 1.78 bits per heavy atom. The predicted octanol–water partition coefficient (Wildman–Crippen LogP) is 1.98. The lowest BCUT2D eigenvalue weighted by Gasteiger charge is -1.99. The molecule has 1 aliphatic carbocycles. The van der Waals surface area contributed by atoms with Crippen molar-refractivity contribution in [1.82, 2.24) is 0 Å². The lowest BCUT2D eigenvalue weighted by Crippen LogP contribution is -2.09. The van der Waals surface area contributed by atoms with Gasteiger partial charge in [0.2, 0.25) is 0 Å². The summed E-state index contributed by atoms with van der Waals surface area (Å²) in [6, 6.07) is 0. The second kappa shape index (κ2) is 6.66. The van der Waals surface area contributed by atoms with E-state index in [-0.39, 0.29) is 24.8 Å². The Morgan fingerprint density at radius 2 is 1.56 bits per heavy atom. The van der Waals surface area contributed by atoms with Crippen LogP contribution in [0.4, 0.5) is 0 Å². The second-order valence-electron chi connectivity index (χ2n) is 2.39. The molecule has 0 saturated heterocycles. The summed E-state index contributed by atoms with van der Waals surface area (Å²) in [5.74, 6) is 0.875. The van der Waals surface area contributed by atoms with E-state index in [4.69, 9.17) is 5.73 Å². The molecule has 0 spiro atoms. The molecule has 3 heteroatoms. The number of halogens is 2.